The second-order valence-corrected chi connectivity index (χ2v) is 9.35. The van der Waals surface area contributed by atoms with E-state index in [0.29, 0.717) is 37.6 Å². The summed E-state index contributed by atoms with van der Waals surface area (Å²) < 4.78 is 0. The van der Waals surface area contributed by atoms with Gasteiger partial charge in [-0.1, -0.05) is 30.3 Å². The third kappa shape index (κ3) is 3.92. The third-order valence-electron chi connectivity index (χ3n) is 7.00. The van der Waals surface area contributed by atoms with Crippen LogP contribution in [0.2, 0.25) is 0 Å². The van der Waals surface area contributed by atoms with Gasteiger partial charge in [0.15, 0.2) is 5.78 Å². The molecular formula is C25H28N2O3. The minimum Gasteiger partial charge on any atom is -0.390 e. The van der Waals surface area contributed by atoms with E-state index in [0.717, 1.165) is 42.7 Å². The summed E-state index contributed by atoms with van der Waals surface area (Å²) in [5.41, 5.74) is 3.18. The van der Waals surface area contributed by atoms with Gasteiger partial charge in [-0.25, -0.2) is 0 Å². The molecule has 2 aliphatic heterocycles. The lowest BCUT2D eigenvalue weighted by Crippen LogP contribution is -2.34. The van der Waals surface area contributed by atoms with E-state index in [1.165, 1.54) is 5.56 Å². The van der Waals surface area contributed by atoms with Gasteiger partial charge in [-0.15, -0.1) is 0 Å². The molecule has 1 saturated heterocycles. The third-order valence-corrected chi connectivity index (χ3v) is 7.00. The molecule has 2 aromatic rings. The Bertz CT molecular complexity index is 958. The van der Waals surface area contributed by atoms with Crippen LogP contribution in [-0.4, -0.2) is 46.9 Å². The number of benzene rings is 2. The number of rotatable bonds is 5. The highest BCUT2D eigenvalue weighted by molar-refractivity contribution is 6.00. The van der Waals surface area contributed by atoms with E-state index in [-0.39, 0.29) is 11.7 Å². The minimum atomic E-state index is -0.615. The summed E-state index contributed by atoms with van der Waals surface area (Å²) in [5.74, 6) is 1.10. The van der Waals surface area contributed by atoms with Crippen molar-refractivity contribution in [2.75, 3.05) is 25.0 Å². The van der Waals surface area contributed by atoms with Crippen LogP contribution < -0.4 is 5.32 Å². The Labute approximate surface area is 177 Å². The fourth-order valence-electron chi connectivity index (χ4n) is 5.66. The van der Waals surface area contributed by atoms with Gasteiger partial charge in [0.05, 0.1) is 12.1 Å². The van der Waals surface area contributed by atoms with E-state index in [9.17, 15) is 14.7 Å². The SMILES string of the molecule is O=C1CCc2cc(C(=O)CN3C[C@@H]4CC(O)(Cc5ccccc5)C[C@@H]4C3)ccc2N1. The van der Waals surface area contributed by atoms with Crippen molar-refractivity contribution < 1.29 is 14.7 Å². The predicted octanol–water partition coefficient (Wildman–Crippen LogP) is 3.07. The van der Waals surface area contributed by atoms with Crippen molar-refractivity contribution in [1.29, 1.82) is 0 Å². The molecule has 0 radical (unpaired) electrons. The predicted molar refractivity (Wildman–Crippen MR) is 115 cm³/mol. The van der Waals surface area contributed by atoms with Gasteiger partial charge in [-0.2, -0.15) is 0 Å². The van der Waals surface area contributed by atoms with Crippen molar-refractivity contribution in [3.63, 3.8) is 0 Å². The van der Waals surface area contributed by atoms with Crippen LogP contribution in [0, 0.1) is 11.8 Å². The van der Waals surface area contributed by atoms with Crippen LogP contribution >= 0.6 is 0 Å². The van der Waals surface area contributed by atoms with Gasteiger partial charge in [0, 0.05) is 37.2 Å². The Morgan fingerprint density at radius 2 is 1.80 bits per heavy atom. The number of hydrogen-bond acceptors (Lipinski definition) is 4. The fraction of sp³-hybridized carbons (Fsp3) is 0.440. The molecule has 3 aliphatic rings. The van der Waals surface area contributed by atoms with E-state index in [1.54, 1.807) is 0 Å². The van der Waals surface area contributed by atoms with E-state index in [4.69, 9.17) is 0 Å². The summed E-state index contributed by atoms with van der Waals surface area (Å²) >= 11 is 0. The number of hydrogen-bond donors (Lipinski definition) is 2. The molecule has 0 bridgehead atoms. The topological polar surface area (TPSA) is 69.6 Å². The lowest BCUT2D eigenvalue weighted by atomic mass is 9.91. The van der Waals surface area contributed by atoms with E-state index in [1.807, 2.05) is 36.4 Å². The number of carbonyl (C=O) groups is 2. The zero-order valence-corrected chi connectivity index (χ0v) is 17.1. The van der Waals surface area contributed by atoms with Crippen molar-refractivity contribution in [3.05, 3.63) is 65.2 Å². The van der Waals surface area contributed by atoms with Crippen molar-refractivity contribution in [3.8, 4) is 0 Å². The van der Waals surface area contributed by atoms with Gasteiger partial charge in [0.1, 0.15) is 0 Å². The van der Waals surface area contributed by atoms with Crippen molar-refractivity contribution in [2.45, 2.75) is 37.7 Å². The summed E-state index contributed by atoms with van der Waals surface area (Å²) in [4.78, 5) is 26.6. The molecule has 5 heteroatoms. The maximum absolute atomic E-state index is 12.9. The summed E-state index contributed by atoms with van der Waals surface area (Å²) in [6.45, 7) is 2.19. The number of nitrogens with zero attached hydrogens (tertiary/aromatic N) is 1. The number of aryl methyl sites for hydroxylation is 1. The Morgan fingerprint density at radius 3 is 2.53 bits per heavy atom. The second-order valence-electron chi connectivity index (χ2n) is 9.35. The van der Waals surface area contributed by atoms with Crippen LogP contribution in [0.1, 0.15) is 40.7 Å². The maximum atomic E-state index is 12.9. The quantitative estimate of drug-likeness (QED) is 0.752. The summed E-state index contributed by atoms with van der Waals surface area (Å²) in [5, 5.41) is 14.0. The standard InChI is InChI=1S/C25H28N2O3/c28-23(19-6-8-22-18(10-19)7-9-24(29)26-22)16-27-14-20-12-25(30,13-21(20)15-27)11-17-4-2-1-3-5-17/h1-6,8,10,20-21,30H,7,9,11-16H2,(H,26,29)/t20-,21+,25?. The first-order valence-corrected chi connectivity index (χ1v) is 10.9. The second kappa shape index (κ2) is 7.64. The molecule has 0 spiro atoms. The lowest BCUT2D eigenvalue weighted by molar-refractivity contribution is -0.116. The van der Waals surface area contributed by atoms with Gasteiger partial charge >= 0.3 is 0 Å². The number of Topliss-reactive ketones (excluding diaryl/α,β-unsaturated/α-hetero) is 1. The minimum absolute atomic E-state index is 0.0393. The number of amides is 1. The van der Waals surface area contributed by atoms with Crippen LogP contribution in [0.15, 0.2) is 48.5 Å². The molecule has 1 aliphatic carbocycles. The van der Waals surface area contributed by atoms with Gasteiger partial charge < -0.3 is 10.4 Å². The molecule has 5 nitrogen and oxygen atoms in total. The first-order chi connectivity index (χ1) is 14.5. The molecule has 2 N–H and O–H groups in total. The van der Waals surface area contributed by atoms with Crippen LogP contribution in [-0.2, 0) is 17.6 Å². The molecule has 1 unspecified atom stereocenters. The Balaban J connectivity index is 1.18. The van der Waals surface area contributed by atoms with Crippen LogP contribution in [0.25, 0.3) is 0 Å². The van der Waals surface area contributed by atoms with Crippen molar-refractivity contribution in [2.24, 2.45) is 11.8 Å². The number of likely N-dealkylation sites (tertiary alicyclic amines) is 1. The Kier molecular flexibility index (Phi) is 4.95. The largest absolute Gasteiger partial charge is 0.390 e. The van der Waals surface area contributed by atoms with Gasteiger partial charge in [0.25, 0.3) is 0 Å². The highest BCUT2D eigenvalue weighted by atomic mass is 16.3. The van der Waals surface area contributed by atoms with E-state index in [2.05, 4.69) is 22.3 Å². The highest BCUT2D eigenvalue weighted by Crippen LogP contribution is 2.45. The zero-order chi connectivity index (χ0) is 20.7. The summed E-state index contributed by atoms with van der Waals surface area (Å²) in [7, 11) is 0. The van der Waals surface area contributed by atoms with Crippen LogP contribution in [0.4, 0.5) is 5.69 Å². The number of fused-ring (bicyclic) bond motifs is 2. The first kappa shape index (κ1) is 19.5. The number of anilines is 1. The molecule has 2 fully saturated rings. The van der Waals surface area contributed by atoms with Gasteiger partial charge in [-0.3, -0.25) is 14.5 Å². The van der Waals surface area contributed by atoms with E-state index >= 15 is 0 Å². The van der Waals surface area contributed by atoms with Crippen molar-refractivity contribution in [1.82, 2.24) is 4.90 Å². The number of carbonyl (C=O) groups excluding carboxylic acids is 2. The van der Waals surface area contributed by atoms with Crippen molar-refractivity contribution >= 4 is 17.4 Å². The molecule has 1 amide bonds. The van der Waals surface area contributed by atoms with Crippen LogP contribution in [0.5, 0.6) is 0 Å². The molecule has 3 atom stereocenters. The maximum Gasteiger partial charge on any atom is 0.224 e. The highest BCUT2D eigenvalue weighted by Gasteiger charge is 2.48. The normalized spacial score (nSPS) is 28.1. The monoisotopic (exact) mass is 404 g/mol. The average Bonchev–Trinajstić information content (AvgIpc) is 3.21. The number of aliphatic hydroxyl groups is 1. The van der Waals surface area contributed by atoms with E-state index < -0.39 is 5.60 Å². The Morgan fingerprint density at radius 1 is 1.07 bits per heavy atom. The summed E-state index contributed by atoms with van der Waals surface area (Å²) in [6, 6.07) is 15.8. The molecule has 2 heterocycles. The smallest absolute Gasteiger partial charge is 0.224 e. The molecular weight excluding hydrogens is 376 g/mol. The first-order valence-electron chi connectivity index (χ1n) is 10.9. The molecule has 5 rings (SSSR count). The summed E-state index contributed by atoms with van der Waals surface area (Å²) in [6.07, 6.45) is 3.51. The molecule has 0 aromatic heterocycles. The molecule has 30 heavy (non-hydrogen) atoms. The molecule has 2 aromatic carbocycles. The number of ketones is 1. The van der Waals surface area contributed by atoms with Crippen LogP contribution in [0.3, 0.4) is 0 Å². The molecule has 156 valence electrons. The average molecular weight is 405 g/mol. The number of nitrogens with one attached hydrogen (secondary N) is 1. The van der Waals surface area contributed by atoms with Gasteiger partial charge in [0.2, 0.25) is 5.91 Å². The fourth-order valence-corrected chi connectivity index (χ4v) is 5.66. The zero-order valence-electron chi connectivity index (χ0n) is 17.1. The lowest BCUT2D eigenvalue weighted by Gasteiger charge is -2.26. The Hall–Kier alpha value is -2.50. The van der Waals surface area contributed by atoms with Gasteiger partial charge in [-0.05, 0) is 60.4 Å². The molecule has 1 saturated carbocycles.